The molecule has 2 rings (SSSR count). The van der Waals surface area contributed by atoms with Gasteiger partial charge in [-0.25, -0.2) is 8.78 Å². The molecule has 0 bridgehead atoms. The molecule has 0 radical (unpaired) electrons. The summed E-state index contributed by atoms with van der Waals surface area (Å²) in [7, 11) is 1.90. The van der Waals surface area contributed by atoms with Gasteiger partial charge in [-0.3, -0.25) is 4.68 Å². The van der Waals surface area contributed by atoms with Crippen LogP contribution < -0.4 is 5.32 Å². The Bertz CT molecular complexity index is 600. The first-order valence-corrected chi connectivity index (χ1v) is 6.57. The molecule has 0 aliphatic carbocycles. The van der Waals surface area contributed by atoms with Crippen LogP contribution in [0.2, 0.25) is 0 Å². The molecule has 3 nitrogen and oxygen atoms in total. The van der Waals surface area contributed by atoms with Crippen LogP contribution in [-0.2, 0) is 13.6 Å². The van der Waals surface area contributed by atoms with E-state index in [9.17, 15) is 8.78 Å². The molecule has 1 aromatic heterocycles. The average molecular weight is 279 g/mol. The van der Waals surface area contributed by atoms with Crippen LogP contribution in [-0.4, -0.2) is 9.78 Å². The van der Waals surface area contributed by atoms with Crippen molar-refractivity contribution in [2.45, 2.75) is 33.4 Å². The average Bonchev–Trinajstić information content (AvgIpc) is 2.60. The Balaban J connectivity index is 2.10. The first-order valence-electron chi connectivity index (χ1n) is 6.57. The van der Waals surface area contributed by atoms with E-state index < -0.39 is 11.6 Å². The number of nitrogens with one attached hydrogen (secondary N) is 1. The molecule has 1 heterocycles. The van der Waals surface area contributed by atoms with Crippen molar-refractivity contribution in [1.82, 2.24) is 15.1 Å². The molecule has 1 N–H and O–H groups in total. The Kier molecular flexibility index (Phi) is 4.18. The molecular weight excluding hydrogens is 260 g/mol. The van der Waals surface area contributed by atoms with E-state index in [1.807, 2.05) is 32.5 Å². The van der Waals surface area contributed by atoms with Gasteiger partial charge in [0.05, 0.1) is 5.69 Å². The second-order valence-corrected chi connectivity index (χ2v) is 5.08. The molecular formula is C15H19F2N3. The highest BCUT2D eigenvalue weighted by Gasteiger charge is 2.12. The quantitative estimate of drug-likeness (QED) is 0.931. The van der Waals surface area contributed by atoms with Crippen molar-refractivity contribution in [3.8, 4) is 0 Å². The summed E-state index contributed by atoms with van der Waals surface area (Å²) < 4.78 is 28.2. The molecule has 1 aromatic carbocycles. The summed E-state index contributed by atoms with van der Waals surface area (Å²) in [6, 6.07) is 3.44. The van der Waals surface area contributed by atoms with Gasteiger partial charge in [-0.15, -0.1) is 0 Å². The fraction of sp³-hybridized carbons (Fsp3) is 0.400. The molecule has 0 saturated heterocycles. The zero-order valence-corrected chi connectivity index (χ0v) is 12.2. The van der Waals surface area contributed by atoms with E-state index in [2.05, 4.69) is 10.4 Å². The maximum Gasteiger partial charge on any atom is 0.126 e. The van der Waals surface area contributed by atoms with Crippen molar-refractivity contribution in [3.05, 3.63) is 52.3 Å². The van der Waals surface area contributed by atoms with Gasteiger partial charge in [0.25, 0.3) is 0 Å². The normalized spacial score (nSPS) is 12.7. The summed E-state index contributed by atoms with van der Waals surface area (Å²) in [5.41, 5.74) is 3.78. The highest BCUT2D eigenvalue weighted by atomic mass is 19.1. The summed E-state index contributed by atoms with van der Waals surface area (Å²) in [4.78, 5) is 0. The van der Waals surface area contributed by atoms with Gasteiger partial charge in [-0.1, -0.05) is 0 Å². The highest BCUT2D eigenvalue weighted by Crippen LogP contribution is 2.18. The molecule has 0 aliphatic rings. The predicted octanol–water partition coefficient (Wildman–Crippen LogP) is 3.17. The van der Waals surface area contributed by atoms with Crippen molar-refractivity contribution in [1.29, 1.82) is 0 Å². The molecule has 108 valence electrons. The second kappa shape index (κ2) is 5.71. The molecule has 0 spiro atoms. The zero-order chi connectivity index (χ0) is 14.9. The number of nitrogens with zero attached hydrogens (tertiary/aromatic N) is 2. The fourth-order valence-corrected chi connectivity index (χ4v) is 2.27. The minimum atomic E-state index is -0.553. The third-order valence-corrected chi connectivity index (χ3v) is 3.63. The Morgan fingerprint density at radius 1 is 1.20 bits per heavy atom. The lowest BCUT2D eigenvalue weighted by atomic mass is 10.1. The van der Waals surface area contributed by atoms with E-state index in [1.54, 1.807) is 0 Å². The summed E-state index contributed by atoms with van der Waals surface area (Å²) >= 11 is 0. The number of benzene rings is 1. The first kappa shape index (κ1) is 14.7. The number of hydrogen-bond donors (Lipinski definition) is 1. The zero-order valence-electron chi connectivity index (χ0n) is 12.2. The van der Waals surface area contributed by atoms with Crippen molar-refractivity contribution in [2.75, 3.05) is 0 Å². The van der Waals surface area contributed by atoms with Crippen LogP contribution in [0.4, 0.5) is 8.78 Å². The maximum atomic E-state index is 13.2. The van der Waals surface area contributed by atoms with Gasteiger partial charge < -0.3 is 5.32 Å². The van der Waals surface area contributed by atoms with Crippen LogP contribution in [0.3, 0.4) is 0 Å². The number of halogens is 2. The number of aryl methyl sites for hydroxylation is 2. The summed E-state index contributed by atoms with van der Waals surface area (Å²) in [6.07, 6.45) is 0. The predicted molar refractivity (Wildman–Crippen MR) is 74.3 cm³/mol. The number of aromatic nitrogens is 2. The van der Waals surface area contributed by atoms with Gasteiger partial charge in [0, 0.05) is 37.0 Å². The molecule has 1 unspecified atom stereocenters. The molecule has 20 heavy (non-hydrogen) atoms. The SMILES string of the molecule is Cc1nn(C)c(C)c1CNC(C)c1cc(F)cc(F)c1. The second-order valence-electron chi connectivity index (χ2n) is 5.08. The Morgan fingerprint density at radius 3 is 2.30 bits per heavy atom. The van der Waals surface area contributed by atoms with E-state index >= 15 is 0 Å². The lowest BCUT2D eigenvalue weighted by molar-refractivity contribution is 0.544. The van der Waals surface area contributed by atoms with E-state index in [1.165, 1.54) is 12.1 Å². The molecule has 0 amide bonds. The lowest BCUT2D eigenvalue weighted by Gasteiger charge is -2.15. The standard InChI is InChI=1S/C15H19F2N3/c1-9(12-5-13(16)7-14(17)6-12)18-8-15-10(2)19-20(4)11(15)3/h5-7,9,18H,8H2,1-4H3. The van der Waals surface area contributed by atoms with Gasteiger partial charge in [-0.2, -0.15) is 5.10 Å². The highest BCUT2D eigenvalue weighted by molar-refractivity contribution is 5.25. The van der Waals surface area contributed by atoms with Crippen molar-refractivity contribution >= 4 is 0 Å². The topological polar surface area (TPSA) is 29.9 Å². The monoisotopic (exact) mass is 279 g/mol. The van der Waals surface area contributed by atoms with Crippen LogP contribution in [0.15, 0.2) is 18.2 Å². The molecule has 0 fully saturated rings. The van der Waals surface area contributed by atoms with Gasteiger partial charge in [0.1, 0.15) is 11.6 Å². The summed E-state index contributed by atoms with van der Waals surface area (Å²) in [6.45, 7) is 6.46. The van der Waals surface area contributed by atoms with E-state index in [-0.39, 0.29) is 6.04 Å². The molecule has 5 heteroatoms. The fourth-order valence-electron chi connectivity index (χ4n) is 2.27. The van der Waals surface area contributed by atoms with Crippen molar-refractivity contribution < 1.29 is 8.78 Å². The third kappa shape index (κ3) is 3.04. The maximum absolute atomic E-state index is 13.2. The molecule has 2 aromatic rings. The van der Waals surface area contributed by atoms with E-state index in [0.717, 1.165) is 23.0 Å². The summed E-state index contributed by atoms with van der Waals surface area (Å²) in [5.74, 6) is -1.11. The van der Waals surface area contributed by atoms with Gasteiger partial charge >= 0.3 is 0 Å². The van der Waals surface area contributed by atoms with Gasteiger partial charge in [0.2, 0.25) is 0 Å². The Morgan fingerprint density at radius 2 is 1.80 bits per heavy atom. The largest absolute Gasteiger partial charge is 0.306 e. The van der Waals surface area contributed by atoms with E-state index in [4.69, 9.17) is 0 Å². The molecule has 0 saturated carbocycles. The summed E-state index contributed by atoms with van der Waals surface area (Å²) in [5, 5.41) is 7.62. The van der Waals surface area contributed by atoms with Crippen LogP contribution in [0.5, 0.6) is 0 Å². The molecule has 1 atom stereocenters. The van der Waals surface area contributed by atoms with Crippen LogP contribution in [0.1, 0.15) is 35.5 Å². The van der Waals surface area contributed by atoms with Crippen LogP contribution >= 0.6 is 0 Å². The van der Waals surface area contributed by atoms with E-state index in [0.29, 0.717) is 12.1 Å². The van der Waals surface area contributed by atoms with Crippen molar-refractivity contribution in [3.63, 3.8) is 0 Å². The minimum Gasteiger partial charge on any atom is -0.306 e. The Hall–Kier alpha value is -1.75. The third-order valence-electron chi connectivity index (χ3n) is 3.63. The van der Waals surface area contributed by atoms with Crippen LogP contribution in [0.25, 0.3) is 0 Å². The smallest absolute Gasteiger partial charge is 0.126 e. The van der Waals surface area contributed by atoms with Gasteiger partial charge in [0.15, 0.2) is 0 Å². The number of rotatable bonds is 4. The lowest BCUT2D eigenvalue weighted by Crippen LogP contribution is -2.19. The number of hydrogen-bond acceptors (Lipinski definition) is 2. The van der Waals surface area contributed by atoms with Gasteiger partial charge in [-0.05, 0) is 38.5 Å². The minimum absolute atomic E-state index is 0.140. The van der Waals surface area contributed by atoms with Crippen molar-refractivity contribution in [2.24, 2.45) is 7.05 Å². The molecule has 0 aliphatic heterocycles. The van der Waals surface area contributed by atoms with Crippen LogP contribution in [0, 0.1) is 25.5 Å². The Labute approximate surface area is 117 Å². The first-order chi connectivity index (χ1) is 9.38.